The number of nitrogens with zero attached hydrogens (tertiary/aromatic N) is 5. The second-order valence-electron chi connectivity index (χ2n) is 8.87. The summed E-state index contributed by atoms with van der Waals surface area (Å²) in [7, 11) is 1.90. The molecule has 0 amide bonds. The van der Waals surface area contributed by atoms with Crippen LogP contribution < -0.4 is 10.6 Å². The molecule has 30 heavy (non-hydrogen) atoms. The van der Waals surface area contributed by atoms with E-state index in [1.54, 1.807) is 4.68 Å². The van der Waals surface area contributed by atoms with Gasteiger partial charge in [-0.05, 0) is 30.9 Å². The molecule has 0 bridgehead atoms. The van der Waals surface area contributed by atoms with E-state index in [2.05, 4.69) is 84.5 Å². The molecule has 0 saturated carbocycles. The number of rotatable bonds is 10. The van der Waals surface area contributed by atoms with Gasteiger partial charge in [0.05, 0.1) is 11.6 Å². The predicted octanol–water partition coefficient (Wildman–Crippen LogP) is 4.44. The highest BCUT2D eigenvalue weighted by Crippen LogP contribution is 2.25. The van der Waals surface area contributed by atoms with Crippen molar-refractivity contribution in [2.75, 3.05) is 36.8 Å². The molecule has 2 N–H and O–H groups in total. The monoisotopic (exact) mass is 409 g/mol. The van der Waals surface area contributed by atoms with Crippen LogP contribution in [-0.2, 0) is 7.05 Å². The van der Waals surface area contributed by atoms with E-state index in [0.717, 1.165) is 48.7 Å². The Hall–Kier alpha value is -2.67. The summed E-state index contributed by atoms with van der Waals surface area (Å²) < 4.78 is 1.78. The first-order chi connectivity index (χ1) is 14.3. The van der Waals surface area contributed by atoms with Gasteiger partial charge in [-0.15, -0.1) is 0 Å². The van der Waals surface area contributed by atoms with Crippen molar-refractivity contribution in [3.05, 3.63) is 36.0 Å². The Morgan fingerprint density at radius 3 is 2.30 bits per heavy atom. The van der Waals surface area contributed by atoms with Crippen LogP contribution in [0.1, 0.15) is 33.3 Å². The van der Waals surface area contributed by atoms with Gasteiger partial charge in [-0.1, -0.05) is 45.4 Å². The lowest BCUT2D eigenvalue weighted by Gasteiger charge is -2.26. The molecule has 1 aromatic carbocycles. The summed E-state index contributed by atoms with van der Waals surface area (Å²) in [5.74, 6) is 2.68. The number of benzene rings is 1. The lowest BCUT2D eigenvalue weighted by molar-refractivity contribution is 0.227. The van der Waals surface area contributed by atoms with Crippen LogP contribution in [0.3, 0.4) is 0 Å². The number of hydrogen-bond acceptors (Lipinski definition) is 6. The molecule has 0 radical (unpaired) electrons. The lowest BCUT2D eigenvalue weighted by atomic mass is 10.1. The molecule has 0 spiro atoms. The summed E-state index contributed by atoms with van der Waals surface area (Å²) in [6, 6.07) is 8.28. The Kier molecular flexibility index (Phi) is 7.26. The Balaban J connectivity index is 1.75. The average molecular weight is 410 g/mol. The Labute approximate surface area is 179 Å². The van der Waals surface area contributed by atoms with Gasteiger partial charge in [0, 0.05) is 38.9 Å². The number of anilines is 3. The maximum absolute atomic E-state index is 4.75. The second-order valence-corrected chi connectivity index (χ2v) is 8.87. The molecule has 0 aliphatic rings. The first kappa shape index (κ1) is 22.0. The fourth-order valence-electron chi connectivity index (χ4n) is 3.59. The fourth-order valence-corrected chi connectivity index (χ4v) is 3.59. The number of aryl methyl sites for hydroxylation is 2. The van der Waals surface area contributed by atoms with E-state index < -0.39 is 0 Å². The van der Waals surface area contributed by atoms with Crippen LogP contribution in [0.15, 0.2) is 30.5 Å². The quantitative estimate of drug-likeness (QED) is 0.516. The van der Waals surface area contributed by atoms with Crippen molar-refractivity contribution in [2.24, 2.45) is 18.9 Å². The van der Waals surface area contributed by atoms with Gasteiger partial charge in [0.1, 0.15) is 5.82 Å². The minimum atomic E-state index is 0.620. The number of hydrogen-bond donors (Lipinski definition) is 2. The van der Waals surface area contributed by atoms with E-state index in [1.165, 1.54) is 5.56 Å². The predicted molar refractivity (Wildman–Crippen MR) is 125 cm³/mol. The zero-order chi connectivity index (χ0) is 21.7. The molecule has 3 rings (SSSR count). The molecular formula is C23H35N7. The third-order valence-corrected chi connectivity index (χ3v) is 4.86. The summed E-state index contributed by atoms with van der Waals surface area (Å²) in [5.41, 5.74) is 3.03. The van der Waals surface area contributed by atoms with Crippen LogP contribution in [0.5, 0.6) is 0 Å². The smallest absolute Gasteiger partial charge is 0.226 e. The molecule has 0 fully saturated rings. The van der Waals surface area contributed by atoms with Crippen LogP contribution in [0, 0.1) is 18.8 Å². The van der Waals surface area contributed by atoms with E-state index in [0.29, 0.717) is 17.8 Å². The highest BCUT2D eigenvalue weighted by atomic mass is 15.3. The third kappa shape index (κ3) is 5.92. The van der Waals surface area contributed by atoms with E-state index in [-0.39, 0.29) is 0 Å². The zero-order valence-corrected chi connectivity index (χ0v) is 19.1. The van der Waals surface area contributed by atoms with Crippen molar-refractivity contribution in [1.82, 2.24) is 24.6 Å². The SMILES string of the molecule is Cc1ccc(Nc2nc(NCCN(CC(C)C)CC(C)C)nc3c2cnn3C)cc1. The lowest BCUT2D eigenvalue weighted by Crippen LogP contribution is -2.35. The highest BCUT2D eigenvalue weighted by molar-refractivity contribution is 5.89. The van der Waals surface area contributed by atoms with E-state index >= 15 is 0 Å². The van der Waals surface area contributed by atoms with Gasteiger partial charge in [-0.3, -0.25) is 4.68 Å². The van der Waals surface area contributed by atoms with Crippen molar-refractivity contribution in [2.45, 2.75) is 34.6 Å². The van der Waals surface area contributed by atoms with Crippen LogP contribution >= 0.6 is 0 Å². The molecule has 3 aromatic rings. The number of nitrogens with one attached hydrogen (secondary N) is 2. The van der Waals surface area contributed by atoms with Gasteiger partial charge in [0.25, 0.3) is 0 Å². The summed E-state index contributed by atoms with van der Waals surface area (Å²) in [6.45, 7) is 15.1. The zero-order valence-electron chi connectivity index (χ0n) is 19.1. The number of aromatic nitrogens is 4. The minimum Gasteiger partial charge on any atom is -0.353 e. The molecule has 0 unspecified atom stereocenters. The molecule has 0 aliphatic heterocycles. The molecule has 0 saturated heterocycles. The van der Waals surface area contributed by atoms with Gasteiger partial charge in [0.2, 0.25) is 5.95 Å². The molecule has 0 atom stereocenters. The molecular weight excluding hydrogens is 374 g/mol. The topological polar surface area (TPSA) is 70.9 Å². The molecule has 162 valence electrons. The standard InChI is InChI=1S/C23H35N7/c1-16(2)14-30(15-17(3)4)12-11-24-23-27-21(20-13-25-29(6)22(20)28-23)26-19-9-7-18(5)8-10-19/h7-10,13,16-17H,11-12,14-15H2,1-6H3,(H2,24,26,27,28). The van der Waals surface area contributed by atoms with Gasteiger partial charge in [-0.25, -0.2) is 0 Å². The molecule has 2 heterocycles. The molecule has 0 aliphatic carbocycles. The molecule has 7 nitrogen and oxygen atoms in total. The van der Waals surface area contributed by atoms with Crippen molar-refractivity contribution in [3.63, 3.8) is 0 Å². The first-order valence-electron chi connectivity index (χ1n) is 10.8. The van der Waals surface area contributed by atoms with E-state index in [4.69, 9.17) is 4.98 Å². The summed E-state index contributed by atoms with van der Waals surface area (Å²) >= 11 is 0. The van der Waals surface area contributed by atoms with Crippen LogP contribution in [0.2, 0.25) is 0 Å². The third-order valence-electron chi connectivity index (χ3n) is 4.86. The van der Waals surface area contributed by atoms with Crippen molar-refractivity contribution >= 4 is 28.5 Å². The van der Waals surface area contributed by atoms with Gasteiger partial charge < -0.3 is 15.5 Å². The van der Waals surface area contributed by atoms with Crippen LogP contribution in [-0.4, -0.2) is 50.8 Å². The normalized spacial score (nSPS) is 11.8. The van der Waals surface area contributed by atoms with Gasteiger partial charge in [-0.2, -0.15) is 15.1 Å². The molecule has 2 aromatic heterocycles. The van der Waals surface area contributed by atoms with Gasteiger partial charge >= 0.3 is 0 Å². The summed E-state index contributed by atoms with van der Waals surface area (Å²) in [4.78, 5) is 11.9. The van der Waals surface area contributed by atoms with Crippen LogP contribution in [0.4, 0.5) is 17.5 Å². The summed E-state index contributed by atoms with van der Waals surface area (Å²) in [6.07, 6.45) is 1.81. The second kappa shape index (κ2) is 9.89. The largest absolute Gasteiger partial charge is 0.353 e. The Morgan fingerprint density at radius 2 is 1.67 bits per heavy atom. The van der Waals surface area contributed by atoms with Crippen molar-refractivity contribution in [3.8, 4) is 0 Å². The fraction of sp³-hybridized carbons (Fsp3) is 0.522. The van der Waals surface area contributed by atoms with E-state index in [9.17, 15) is 0 Å². The maximum Gasteiger partial charge on any atom is 0.226 e. The minimum absolute atomic E-state index is 0.620. The Bertz CT molecular complexity index is 934. The molecule has 7 heteroatoms. The average Bonchev–Trinajstić information content (AvgIpc) is 3.04. The van der Waals surface area contributed by atoms with Crippen molar-refractivity contribution < 1.29 is 0 Å². The number of fused-ring (bicyclic) bond motifs is 1. The Morgan fingerprint density at radius 1 is 1.00 bits per heavy atom. The van der Waals surface area contributed by atoms with Crippen LogP contribution in [0.25, 0.3) is 11.0 Å². The maximum atomic E-state index is 4.75. The highest BCUT2D eigenvalue weighted by Gasteiger charge is 2.13. The summed E-state index contributed by atoms with van der Waals surface area (Å²) in [5, 5.41) is 12.1. The van der Waals surface area contributed by atoms with Crippen molar-refractivity contribution in [1.29, 1.82) is 0 Å². The first-order valence-corrected chi connectivity index (χ1v) is 10.8. The van der Waals surface area contributed by atoms with E-state index in [1.807, 2.05) is 13.2 Å². The van der Waals surface area contributed by atoms with Gasteiger partial charge in [0.15, 0.2) is 5.65 Å².